The van der Waals surface area contributed by atoms with Crippen LogP contribution in [0.1, 0.15) is 0 Å². The van der Waals surface area contributed by atoms with Crippen molar-refractivity contribution in [1.29, 1.82) is 0 Å². The summed E-state index contributed by atoms with van der Waals surface area (Å²) in [5.41, 5.74) is 13.1. The minimum atomic E-state index is 0.869. The number of hydrogen-bond acceptors (Lipinski definition) is 2. The van der Waals surface area contributed by atoms with E-state index < -0.39 is 0 Å². The molecule has 0 amide bonds. The SMILES string of the molecule is c1ccc(-c2ccc(N(c3ccc(-c4cccc5c6ccccc6n(-c6ccccc6)c45)cc3)c3cc4ccccc4c4c3oc3ccccc34)cc2)cc1. The third-order valence-corrected chi connectivity index (χ3v) is 11.0. The summed E-state index contributed by atoms with van der Waals surface area (Å²) in [6.07, 6.45) is 0. The molecular weight excluding hydrogens is 669 g/mol. The van der Waals surface area contributed by atoms with Gasteiger partial charge >= 0.3 is 0 Å². The molecule has 55 heavy (non-hydrogen) atoms. The van der Waals surface area contributed by atoms with Crippen LogP contribution in [0.2, 0.25) is 0 Å². The molecule has 0 N–H and O–H groups in total. The standard InChI is InChI=1S/C52H34N2O/c1-3-14-35(15-4-1)36-26-30-40(31-27-36)53(48-34-38-16-7-8-19-42(38)50-46-21-10-12-25-49(46)55-52(48)50)41-32-28-37(29-33-41)43-22-13-23-45-44-20-9-11-24-47(44)54(51(43)45)39-17-5-2-6-18-39/h1-34H. The fourth-order valence-corrected chi connectivity index (χ4v) is 8.47. The summed E-state index contributed by atoms with van der Waals surface area (Å²) >= 11 is 0. The summed E-state index contributed by atoms with van der Waals surface area (Å²) in [5, 5.41) is 7.09. The smallest absolute Gasteiger partial charge is 0.160 e. The Kier molecular flexibility index (Phi) is 7.17. The van der Waals surface area contributed by atoms with Gasteiger partial charge in [-0.2, -0.15) is 0 Å². The van der Waals surface area contributed by atoms with Crippen molar-refractivity contribution in [2.45, 2.75) is 0 Å². The molecule has 2 aromatic heterocycles. The largest absolute Gasteiger partial charge is 0.454 e. The molecule has 0 aliphatic carbocycles. The Bertz CT molecular complexity index is 3180. The highest BCUT2D eigenvalue weighted by Gasteiger charge is 2.23. The fraction of sp³-hybridized carbons (Fsp3) is 0. The molecule has 0 saturated heterocycles. The van der Waals surface area contributed by atoms with Gasteiger partial charge in [0, 0.05) is 44.2 Å². The molecule has 0 fully saturated rings. The first-order valence-corrected chi connectivity index (χ1v) is 18.8. The van der Waals surface area contributed by atoms with Gasteiger partial charge in [0.15, 0.2) is 5.58 Å². The lowest BCUT2D eigenvalue weighted by Crippen LogP contribution is -2.10. The summed E-state index contributed by atoms with van der Waals surface area (Å²) in [4.78, 5) is 2.34. The van der Waals surface area contributed by atoms with Gasteiger partial charge in [0.2, 0.25) is 0 Å². The maximum Gasteiger partial charge on any atom is 0.160 e. The van der Waals surface area contributed by atoms with Crippen LogP contribution in [0.4, 0.5) is 17.1 Å². The number of anilines is 3. The number of nitrogens with zero attached hydrogens (tertiary/aromatic N) is 2. The van der Waals surface area contributed by atoms with Crippen molar-refractivity contribution in [3.63, 3.8) is 0 Å². The van der Waals surface area contributed by atoms with Crippen LogP contribution in [0, 0.1) is 0 Å². The van der Waals surface area contributed by atoms with Gasteiger partial charge in [-0.3, -0.25) is 0 Å². The minimum absolute atomic E-state index is 0.869. The third kappa shape index (κ3) is 5.05. The highest BCUT2D eigenvalue weighted by molar-refractivity contribution is 6.23. The van der Waals surface area contributed by atoms with E-state index in [4.69, 9.17) is 4.42 Å². The quantitative estimate of drug-likeness (QED) is 0.172. The molecule has 9 aromatic carbocycles. The van der Waals surface area contributed by atoms with Gasteiger partial charge in [0.05, 0.1) is 16.7 Å². The zero-order valence-corrected chi connectivity index (χ0v) is 29.9. The lowest BCUT2D eigenvalue weighted by Gasteiger charge is -2.26. The van der Waals surface area contributed by atoms with E-state index in [0.717, 1.165) is 50.3 Å². The van der Waals surface area contributed by atoms with Gasteiger partial charge in [-0.1, -0.05) is 152 Å². The Balaban J connectivity index is 1.12. The van der Waals surface area contributed by atoms with Crippen molar-refractivity contribution in [1.82, 2.24) is 4.57 Å². The number of furan rings is 1. The van der Waals surface area contributed by atoms with E-state index in [9.17, 15) is 0 Å². The van der Waals surface area contributed by atoms with E-state index in [-0.39, 0.29) is 0 Å². The molecule has 0 aliphatic heterocycles. The summed E-state index contributed by atoms with van der Waals surface area (Å²) in [5.74, 6) is 0. The lowest BCUT2D eigenvalue weighted by atomic mass is 9.99. The molecule has 0 saturated carbocycles. The second-order valence-electron chi connectivity index (χ2n) is 14.1. The topological polar surface area (TPSA) is 21.3 Å². The van der Waals surface area contributed by atoms with Gasteiger partial charge in [-0.25, -0.2) is 0 Å². The second-order valence-corrected chi connectivity index (χ2v) is 14.1. The van der Waals surface area contributed by atoms with Crippen LogP contribution >= 0.6 is 0 Å². The van der Waals surface area contributed by atoms with Gasteiger partial charge in [0.25, 0.3) is 0 Å². The summed E-state index contributed by atoms with van der Waals surface area (Å²) in [7, 11) is 0. The molecule has 3 nitrogen and oxygen atoms in total. The minimum Gasteiger partial charge on any atom is -0.454 e. The van der Waals surface area contributed by atoms with Crippen LogP contribution < -0.4 is 4.90 Å². The van der Waals surface area contributed by atoms with Crippen molar-refractivity contribution in [2.24, 2.45) is 0 Å². The number of para-hydroxylation sites is 4. The van der Waals surface area contributed by atoms with E-state index in [1.54, 1.807) is 0 Å². The average Bonchev–Trinajstić information content (AvgIpc) is 3.82. The monoisotopic (exact) mass is 702 g/mol. The number of hydrogen-bond donors (Lipinski definition) is 0. The molecular formula is C52H34N2O. The van der Waals surface area contributed by atoms with Crippen LogP contribution in [0.5, 0.6) is 0 Å². The van der Waals surface area contributed by atoms with E-state index >= 15 is 0 Å². The molecule has 11 rings (SSSR count). The Labute approximate surface area is 318 Å². The molecule has 0 unspecified atom stereocenters. The first-order chi connectivity index (χ1) is 27.3. The number of rotatable bonds is 6. The first-order valence-electron chi connectivity index (χ1n) is 18.8. The van der Waals surface area contributed by atoms with Crippen molar-refractivity contribution in [3.05, 3.63) is 206 Å². The Morgan fingerprint density at radius 2 is 1.00 bits per heavy atom. The van der Waals surface area contributed by atoms with Gasteiger partial charge in [-0.15, -0.1) is 0 Å². The van der Waals surface area contributed by atoms with Gasteiger partial charge in [-0.05, 0) is 82.1 Å². The van der Waals surface area contributed by atoms with Crippen LogP contribution in [0.25, 0.3) is 82.5 Å². The summed E-state index contributed by atoms with van der Waals surface area (Å²) in [6.45, 7) is 0. The van der Waals surface area contributed by atoms with Crippen molar-refractivity contribution in [3.8, 4) is 27.9 Å². The molecule has 2 heterocycles. The second kappa shape index (κ2) is 12.6. The van der Waals surface area contributed by atoms with Gasteiger partial charge < -0.3 is 13.9 Å². The Morgan fingerprint density at radius 1 is 0.418 bits per heavy atom. The molecule has 0 aliphatic rings. The Hall–Kier alpha value is -7.36. The molecule has 0 radical (unpaired) electrons. The fourth-order valence-electron chi connectivity index (χ4n) is 8.47. The number of fused-ring (bicyclic) bond motifs is 8. The molecule has 0 spiro atoms. The maximum atomic E-state index is 6.79. The predicted molar refractivity (Wildman–Crippen MR) is 231 cm³/mol. The maximum absolute atomic E-state index is 6.79. The average molecular weight is 703 g/mol. The normalized spacial score (nSPS) is 11.6. The first kappa shape index (κ1) is 31.2. The van der Waals surface area contributed by atoms with Crippen LogP contribution in [0.3, 0.4) is 0 Å². The lowest BCUT2D eigenvalue weighted by molar-refractivity contribution is 0.669. The number of benzene rings is 9. The number of aromatic nitrogens is 1. The van der Waals surface area contributed by atoms with E-state index in [2.05, 4.69) is 210 Å². The zero-order valence-electron chi connectivity index (χ0n) is 29.9. The molecule has 0 bridgehead atoms. The molecule has 3 heteroatoms. The third-order valence-electron chi connectivity index (χ3n) is 11.0. The molecule has 258 valence electrons. The summed E-state index contributed by atoms with van der Waals surface area (Å²) in [6, 6.07) is 73.8. The van der Waals surface area contributed by atoms with Crippen LogP contribution in [-0.2, 0) is 0 Å². The zero-order chi connectivity index (χ0) is 36.3. The van der Waals surface area contributed by atoms with Crippen LogP contribution in [-0.4, -0.2) is 4.57 Å². The van der Waals surface area contributed by atoms with Crippen LogP contribution in [0.15, 0.2) is 211 Å². The highest BCUT2D eigenvalue weighted by atomic mass is 16.3. The van der Waals surface area contributed by atoms with E-state index in [1.165, 1.54) is 49.3 Å². The van der Waals surface area contributed by atoms with E-state index in [0.29, 0.717) is 0 Å². The molecule has 0 atom stereocenters. The van der Waals surface area contributed by atoms with E-state index in [1.807, 2.05) is 6.07 Å². The van der Waals surface area contributed by atoms with Crippen molar-refractivity contribution >= 4 is 71.6 Å². The molecule has 11 aromatic rings. The predicted octanol–water partition coefficient (Wildman–Crippen LogP) is 14.6. The van der Waals surface area contributed by atoms with Crippen molar-refractivity contribution in [2.75, 3.05) is 4.90 Å². The Morgan fingerprint density at radius 3 is 1.76 bits per heavy atom. The van der Waals surface area contributed by atoms with Crippen molar-refractivity contribution < 1.29 is 4.42 Å². The van der Waals surface area contributed by atoms with Gasteiger partial charge in [0.1, 0.15) is 5.58 Å². The highest BCUT2D eigenvalue weighted by Crippen LogP contribution is 2.46. The summed E-state index contributed by atoms with van der Waals surface area (Å²) < 4.78 is 9.19.